The van der Waals surface area contributed by atoms with E-state index >= 15 is 0 Å². The average molecular weight is 409 g/mol. The van der Waals surface area contributed by atoms with E-state index in [0.29, 0.717) is 24.9 Å². The third kappa shape index (κ3) is 3.37. The Kier molecular flexibility index (Phi) is 5.44. The third-order valence-corrected chi connectivity index (χ3v) is 6.94. The van der Waals surface area contributed by atoms with Gasteiger partial charge in [0, 0.05) is 27.2 Å². The third-order valence-electron chi connectivity index (χ3n) is 5.08. The van der Waals surface area contributed by atoms with Gasteiger partial charge >= 0.3 is 11.7 Å². The molecule has 1 saturated heterocycles. The predicted octanol–water partition coefficient (Wildman–Crippen LogP) is 0.201. The first-order valence-corrected chi connectivity index (χ1v) is 10.5. The molecule has 1 aromatic carbocycles. The smallest absolute Gasteiger partial charge is 0.330 e. The van der Waals surface area contributed by atoms with E-state index in [1.165, 1.54) is 41.2 Å². The van der Waals surface area contributed by atoms with Gasteiger partial charge in [-0.1, -0.05) is 0 Å². The van der Waals surface area contributed by atoms with E-state index < -0.39 is 33.2 Å². The summed E-state index contributed by atoms with van der Waals surface area (Å²) < 4.78 is 34.7. The molecule has 0 radical (unpaired) electrons. The van der Waals surface area contributed by atoms with Crippen molar-refractivity contribution in [2.24, 2.45) is 20.0 Å². The summed E-state index contributed by atoms with van der Waals surface area (Å²) in [4.78, 5) is 36.5. The summed E-state index contributed by atoms with van der Waals surface area (Å²) in [7, 11) is -1.03. The lowest BCUT2D eigenvalue weighted by Gasteiger charge is -2.30. The van der Waals surface area contributed by atoms with Gasteiger partial charge in [0.05, 0.1) is 28.3 Å². The normalized spacial score (nSPS) is 18.3. The highest BCUT2D eigenvalue weighted by Gasteiger charge is 2.34. The molecule has 0 bridgehead atoms. The van der Waals surface area contributed by atoms with E-state index in [4.69, 9.17) is 4.74 Å². The zero-order valence-corrected chi connectivity index (χ0v) is 16.9. The maximum Gasteiger partial charge on any atom is 0.330 e. The van der Waals surface area contributed by atoms with Gasteiger partial charge in [-0.05, 0) is 38.0 Å². The van der Waals surface area contributed by atoms with Gasteiger partial charge < -0.3 is 4.74 Å². The van der Waals surface area contributed by atoms with Crippen molar-refractivity contribution in [3.05, 3.63) is 39.0 Å². The number of aromatic nitrogens is 2. The maximum atomic E-state index is 13.1. The number of carbonyl (C=O) groups is 1. The van der Waals surface area contributed by atoms with Crippen molar-refractivity contribution in [1.82, 2.24) is 13.4 Å². The number of hydrogen-bond acceptors (Lipinski definition) is 6. The first-order chi connectivity index (χ1) is 13.2. The number of piperidine rings is 1. The summed E-state index contributed by atoms with van der Waals surface area (Å²) in [6.07, 6.45) is 1.12. The zero-order chi connectivity index (χ0) is 20.6. The van der Waals surface area contributed by atoms with Crippen LogP contribution in [-0.2, 0) is 33.7 Å². The molecule has 0 spiro atoms. The second-order valence-corrected chi connectivity index (χ2v) is 8.78. The second-order valence-electron chi connectivity index (χ2n) is 6.84. The van der Waals surface area contributed by atoms with Crippen molar-refractivity contribution in [1.29, 1.82) is 0 Å². The molecule has 1 aliphatic heterocycles. The van der Waals surface area contributed by atoms with Crippen molar-refractivity contribution >= 4 is 26.9 Å². The number of hydrogen-bond donors (Lipinski definition) is 0. The molecular formula is C18H23N3O6S. The summed E-state index contributed by atoms with van der Waals surface area (Å²) >= 11 is 0. The summed E-state index contributed by atoms with van der Waals surface area (Å²) in [6.45, 7) is 2.29. The van der Waals surface area contributed by atoms with E-state index in [1.807, 2.05) is 0 Å². The van der Waals surface area contributed by atoms with Crippen LogP contribution < -0.4 is 11.2 Å². The molecule has 0 saturated carbocycles. The molecule has 1 aromatic heterocycles. The Morgan fingerprint density at radius 3 is 2.61 bits per heavy atom. The highest BCUT2D eigenvalue weighted by atomic mass is 32.2. The minimum Gasteiger partial charge on any atom is -0.466 e. The number of ether oxygens (including phenoxy) is 1. The topological polar surface area (TPSA) is 108 Å². The molecule has 152 valence electrons. The van der Waals surface area contributed by atoms with Crippen LogP contribution in [0.4, 0.5) is 0 Å². The SMILES string of the molecule is CCOC(=O)[C@H]1CCCN(S(=O)(=O)c2ccc3c(c2)c(=O)n(C)c(=O)n3C)C1. The molecule has 0 amide bonds. The minimum atomic E-state index is -3.90. The number of rotatable bonds is 4. The quantitative estimate of drug-likeness (QED) is 0.668. The van der Waals surface area contributed by atoms with Crippen LogP contribution in [0, 0.1) is 5.92 Å². The summed E-state index contributed by atoms with van der Waals surface area (Å²) in [5.41, 5.74) is -0.685. The standard InChI is InChI=1S/C18H23N3O6S/c1-4-27-17(23)12-6-5-9-21(11-12)28(25,26)13-7-8-15-14(10-13)16(22)20(3)18(24)19(15)2/h7-8,10,12H,4-6,9,11H2,1-3H3/t12-/m0/s1. The molecule has 2 heterocycles. The average Bonchev–Trinajstić information content (AvgIpc) is 2.70. The van der Waals surface area contributed by atoms with E-state index in [-0.39, 0.29) is 23.4 Å². The molecule has 9 nitrogen and oxygen atoms in total. The maximum absolute atomic E-state index is 13.1. The summed E-state index contributed by atoms with van der Waals surface area (Å²) in [6, 6.07) is 4.13. The number of esters is 1. The number of carbonyl (C=O) groups excluding carboxylic acids is 1. The summed E-state index contributed by atoms with van der Waals surface area (Å²) in [5, 5.41) is 0.143. The van der Waals surface area contributed by atoms with Crippen LogP contribution in [0.3, 0.4) is 0 Å². The van der Waals surface area contributed by atoms with Gasteiger partial charge in [0.25, 0.3) is 5.56 Å². The molecule has 1 atom stereocenters. The lowest BCUT2D eigenvalue weighted by molar-refractivity contribution is -0.149. The monoisotopic (exact) mass is 409 g/mol. The Hall–Kier alpha value is -2.46. The van der Waals surface area contributed by atoms with Crippen molar-refractivity contribution in [2.75, 3.05) is 19.7 Å². The largest absolute Gasteiger partial charge is 0.466 e. The van der Waals surface area contributed by atoms with Gasteiger partial charge in [-0.25, -0.2) is 13.2 Å². The fourth-order valence-electron chi connectivity index (χ4n) is 3.50. The first-order valence-electron chi connectivity index (χ1n) is 9.05. The Balaban J connectivity index is 2.02. The molecule has 10 heteroatoms. The fraction of sp³-hybridized carbons (Fsp3) is 0.500. The lowest BCUT2D eigenvalue weighted by atomic mass is 10.0. The number of sulfonamides is 1. The number of nitrogens with zero attached hydrogens (tertiary/aromatic N) is 3. The van der Waals surface area contributed by atoms with Crippen molar-refractivity contribution in [3.63, 3.8) is 0 Å². The van der Waals surface area contributed by atoms with Crippen molar-refractivity contribution < 1.29 is 17.9 Å². The fourth-order valence-corrected chi connectivity index (χ4v) is 5.05. The van der Waals surface area contributed by atoms with Crippen LogP contribution in [0.1, 0.15) is 19.8 Å². The van der Waals surface area contributed by atoms with E-state index in [1.54, 1.807) is 6.92 Å². The Labute approximate surface area is 162 Å². The van der Waals surface area contributed by atoms with Crippen LogP contribution in [0.2, 0.25) is 0 Å². The molecule has 1 aliphatic rings. The Morgan fingerprint density at radius 2 is 1.93 bits per heavy atom. The highest BCUT2D eigenvalue weighted by Crippen LogP contribution is 2.25. The van der Waals surface area contributed by atoms with Gasteiger partial charge in [-0.3, -0.25) is 18.7 Å². The predicted molar refractivity (Wildman–Crippen MR) is 103 cm³/mol. The van der Waals surface area contributed by atoms with Gasteiger partial charge in [-0.15, -0.1) is 0 Å². The van der Waals surface area contributed by atoms with Gasteiger partial charge in [0.1, 0.15) is 0 Å². The van der Waals surface area contributed by atoms with E-state index in [9.17, 15) is 22.8 Å². The second kappa shape index (κ2) is 7.51. The van der Waals surface area contributed by atoms with Crippen LogP contribution in [0.25, 0.3) is 10.9 Å². The van der Waals surface area contributed by atoms with E-state index in [2.05, 4.69) is 0 Å². The van der Waals surface area contributed by atoms with Crippen LogP contribution in [0.15, 0.2) is 32.7 Å². The van der Waals surface area contributed by atoms with Crippen LogP contribution in [-0.4, -0.2) is 47.5 Å². The Bertz CT molecular complexity index is 1150. The van der Waals surface area contributed by atoms with Gasteiger partial charge in [0.2, 0.25) is 10.0 Å². The molecule has 0 aliphatic carbocycles. The lowest BCUT2D eigenvalue weighted by Crippen LogP contribution is -2.42. The van der Waals surface area contributed by atoms with Crippen LogP contribution >= 0.6 is 0 Å². The minimum absolute atomic E-state index is 0.0414. The highest BCUT2D eigenvalue weighted by molar-refractivity contribution is 7.89. The number of aryl methyl sites for hydroxylation is 1. The molecular weight excluding hydrogens is 386 g/mol. The molecule has 3 rings (SSSR count). The molecule has 0 N–H and O–H groups in total. The summed E-state index contributed by atoms with van der Waals surface area (Å²) in [5.74, 6) is -0.901. The van der Waals surface area contributed by atoms with Crippen molar-refractivity contribution in [2.45, 2.75) is 24.7 Å². The van der Waals surface area contributed by atoms with Crippen molar-refractivity contribution in [3.8, 4) is 0 Å². The Morgan fingerprint density at radius 1 is 1.21 bits per heavy atom. The van der Waals surface area contributed by atoms with Gasteiger partial charge in [0.15, 0.2) is 0 Å². The molecule has 1 fully saturated rings. The number of fused-ring (bicyclic) bond motifs is 1. The first kappa shape index (κ1) is 20.3. The molecule has 28 heavy (non-hydrogen) atoms. The van der Waals surface area contributed by atoms with Crippen LogP contribution in [0.5, 0.6) is 0 Å². The molecule has 0 unspecified atom stereocenters. The van der Waals surface area contributed by atoms with E-state index in [0.717, 1.165) is 4.57 Å². The molecule has 2 aromatic rings. The van der Waals surface area contributed by atoms with Gasteiger partial charge in [-0.2, -0.15) is 4.31 Å². The number of benzene rings is 1. The zero-order valence-electron chi connectivity index (χ0n) is 16.0.